The van der Waals surface area contributed by atoms with Gasteiger partial charge in [0.15, 0.2) is 0 Å². The van der Waals surface area contributed by atoms with Crippen molar-refractivity contribution >= 4 is 0 Å². The Morgan fingerprint density at radius 2 is 2.43 bits per heavy atom. The Hall–Kier alpha value is -1.60. The molecule has 0 atom stereocenters. The van der Waals surface area contributed by atoms with E-state index in [1.165, 1.54) is 0 Å². The summed E-state index contributed by atoms with van der Waals surface area (Å²) < 4.78 is 5.62. The average Bonchev–Trinajstić information content (AvgIpc) is 3.01. The summed E-state index contributed by atoms with van der Waals surface area (Å²) >= 11 is 0. The number of pyridine rings is 1. The molecule has 72 valence electrons. The molecule has 0 aliphatic heterocycles. The van der Waals surface area contributed by atoms with Crippen LogP contribution < -0.4 is 10.5 Å². The van der Waals surface area contributed by atoms with E-state index in [1.54, 1.807) is 12.3 Å². The first-order chi connectivity index (χ1) is 6.85. The van der Waals surface area contributed by atoms with Crippen molar-refractivity contribution in [1.82, 2.24) is 4.98 Å². The first kappa shape index (κ1) is 8.97. The van der Waals surface area contributed by atoms with Crippen LogP contribution in [0.25, 0.3) is 0 Å². The quantitative estimate of drug-likeness (QED) is 0.768. The maximum atomic E-state index is 8.80. The Morgan fingerprint density at radius 3 is 3.00 bits per heavy atom. The van der Waals surface area contributed by atoms with Crippen LogP contribution in [0.5, 0.6) is 5.75 Å². The summed E-state index contributed by atoms with van der Waals surface area (Å²) in [5, 5.41) is 8.80. The molecule has 0 bridgehead atoms. The van der Waals surface area contributed by atoms with E-state index >= 15 is 0 Å². The standard InChI is InChI=1S/C10H11N3O/c11-5-8-9(6-12)13-4-3-10(8)14-7-1-2-7/h3-4,7H,1-2,5,11H2. The Labute approximate surface area is 82.3 Å². The van der Waals surface area contributed by atoms with Gasteiger partial charge in [0.25, 0.3) is 0 Å². The van der Waals surface area contributed by atoms with Crippen LogP contribution in [0.4, 0.5) is 0 Å². The molecule has 0 aromatic carbocycles. The maximum absolute atomic E-state index is 8.80. The van der Waals surface area contributed by atoms with Crippen LogP contribution in [-0.4, -0.2) is 11.1 Å². The number of nitriles is 1. The van der Waals surface area contributed by atoms with Gasteiger partial charge in [0.1, 0.15) is 17.5 Å². The molecule has 1 aromatic rings. The van der Waals surface area contributed by atoms with Crippen LogP contribution in [0.15, 0.2) is 12.3 Å². The summed E-state index contributed by atoms with van der Waals surface area (Å²) in [5.74, 6) is 0.710. The first-order valence-electron chi connectivity index (χ1n) is 4.60. The van der Waals surface area contributed by atoms with Crippen molar-refractivity contribution in [2.45, 2.75) is 25.5 Å². The van der Waals surface area contributed by atoms with E-state index in [2.05, 4.69) is 4.98 Å². The molecule has 1 aliphatic carbocycles. The Bertz CT molecular complexity index is 379. The van der Waals surface area contributed by atoms with Crippen LogP contribution >= 0.6 is 0 Å². The van der Waals surface area contributed by atoms with Crippen LogP contribution in [0.1, 0.15) is 24.1 Å². The summed E-state index contributed by atoms with van der Waals surface area (Å²) in [5.41, 5.74) is 6.63. The monoisotopic (exact) mass is 189 g/mol. The van der Waals surface area contributed by atoms with Crippen LogP contribution in [0.2, 0.25) is 0 Å². The molecule has 2 rings (SSSR count). The SMILES string of the molecule is N#Cc1nccc(OC2CC2)c1CN. The van der Waals surface area contributed by atoms with E-state index in [0.29, 0.717) is 29.7 Å². The molecule has 4 heteroatoms. The highest BCUT2D eigenvalue weighted by atomic mass is 16.5. The van der Waals surface area contributed by atoms with E-state index < -0.39 is 0 Å². The number of nitrogens with two attached hydrogens (primary N) is 1. The molecule has 1 fully saturated rings. The van der Waals surface area contributed by atoms with Crippen LogP contribution in [0.3, 0.4) is 0 Å². The van der Waals surface area contributed by atoms with Gasteiger partial charge in [-0.15, -0.1) is 0 Å². The maximum Gasteiger partial charge on any atom is 0.148 e. The number of ether oxygens (including phenoxy) is 1. The van der Waals surface area contributed by atoms with Gasteiger partial charge in [-0.05, 0) is 18.9 Å². The average molecular weight is 189 g/mol. The number of hydrogen-bond acceptors (Lipinski definition) is 4. The molecule has 2 N–H and O–H groups in total. The molecule has 0 amide bonds. The minimum Gasteiger partial charge on any atom is -0.490 e. The molecule has 14 heavy (non-hydrogen) atoms. The van der Waals surface area contributed by atoms with Crippen molar-refractivity contribution < 1.29 is 4.74 Å². The molecule has 0 radical (unpaired) electrons. The fourth-order valence-electron chi connectivity index (χ4n) is 1.24. The molecule has 1 heterocycles. The topological polar surface area (TPSA) is 71.9 Å². The van der Waals surface area contributed by atoms with E-state index in [-0.39, 0.29) is 0 Å². The fraction of sp³-hybridized carbons (Fsp3) is 0.400. The number of hydrogen-bond donors (Lipinski definition) is 1. The second-order valence-corrected chi connectivity index (χ2v) is 3.27. The van der Waals surface area contributed by atoms with Crippen LogP contribution in [0, 0.1) is 11.3 Å². The largest absolute Gasteiger partial charge is 0.490 e. The van der Waals surface area contributed by atoms with Crippen molar-refractivity contribution in [1.29, 1.82) is 5.26 Å². The van der Waals surface area contributed by atoms with E-state index in [0.717, 1.165) is 12.8 Å². The molecule has 1 aromatic heterocycles. The van der Waals surface area contributed by atoms with Gasteiger partial charge < -0.3 is 10.5 Å². The zero-order valence-electron chi connectivity index (χ0n) is 7.73. The second-order valence-electron chi connectivity index (χ2n) is 3.27. The summed E-state index contributed by atoms with van der Waals surface area (Å²) in [6.07, 6.45) is 4.08. The summed E-state index contributed by atoms with van der Waals surface area (Å²) in [6, 6.07) is 3.77. The molecular weight excluding hydrogens is 178 g/mol. The van der Waals surface area contributed by atoms with E-state index in [4.69, 9.17) is 15.7 Å². The first-order valence-corrected chi connectivity index (χ1v) is 4.60. The van der Waals surface area contributed by atoms with Crippen molar-refractivity contribution in [3.05, 3.63) is 23.5 Å². The molecule has 4 nitrogen and oxygen atoms in total. The molecule has 1 saturated carbocycles. The Morgan fingerprint density at radius 1 is 1.64 bits per heavy atom. The van der Waals surface area contributed by atoms with Crippen molar-refractivity contribution in [3.8, 4) is 11.8 Å². The zero-order valence-corrected chi connectivity index (χ0v) is 7.73. The molecular formula is C10H11N3O. The highest BCUT2D eigenvalue weighted by Crippen LogP contribution is 2.29. The lowest BCUT2D eigenvalue weighted by molar-refractivity contribution is 0.299. The third-order valence-corrected chi connectivity index (χ3v) is 2.14. The molecule has 0 spiro atoms. The van der Waals surface area contributed by atoms with Crippen LogP contribution in [-0.2, 0) is 6.54 Å². The molecule has 0 unspecified atom stereocenters. The third-order valence-electron chi connectivity index (χ3n) is 2.14. The van der Waals surface area contributed by atoms with Gasteiger partial charge in [-0.25, -0.2) is 4.98 Å². The molecule has 1 aliphatic rings. The van der Waals surface area contributed by atoms with Gasteiger partial charge in [-0.3, -0.25) is 0 Å². The van der Waals surface area contributed by atoms with Crippen molar-refractivity contribution in [2.75, 3.05) is 0 Å². The predicted octanol–water partition coefficient (Wildman–Crippen LogP) is 0.953. The lowest BCUT2D eigenvalue weighted by Gasteiger charge is -2.09. The minimum absolute atomic E-state index is 0.290. The lowest BCUT2D eigenvalue weighted by Crippen LogP contribution is -2.07. The van der Waals surface area contributed by atoms with Gasteiger partial charge in [0.2, 0.25) is 0 Å². The van der Waals surface area contributed by atoms with Crippen molar-refractivity contribution in [2.24, 2.45) is 5.73 Å². The van der Waals surface area contributed by atoms with E-state index in [9.17, 15) is 0 Å². The smallest absolute Gasteiger partial charge is 0.148 e. The minimum atomic E-state index is 0.290. The Kier molecular flexibility index (Phi) is 2.33. The lowest BCUT2D eigenvalue weighted by atomic mass is 10.2. The Balaban J connectivity index is 2.32. The summed E-state index contributed by atoms with van der Waals surface area (Å²) in [6.45, 7) is 0.290. The van der Waals surface area contributed by atoms with Gasteiger partial charge in [-0.1, -0.05) is 0 Å². The number of aromatic nitrogens is 1. The second kappa shape index (κ2) is 3.64. The van der Waals surface area contributed by atoms with Gasteiger partial charge in [-0.2, -0.15) is 5.26 Å². The highest BCUT2D eigenvalue weighted by molar-refractivity contribution is 5.41. The fourth-order valence-corrected chi connectivity index (χ4v) is 1.24. The summed E-state index contributed by atoms with van der Waals surface area (Å²) in [4.78, 5) is 3.94. The number of rotatable bonds is 3. The van der Waals surface area contributed by atoms with Gasteiger partial charge >= 0.3 is 0 Å². The van der Waals surface area contributed by atoms with E-state index in [1.807, 2.05) is 6.07 Å². The normalized spacial score (nSPS) is 14.9. The number of nitrogens with zero attached hydrogens (tertiary/aromatic N) is 2. The summed E-state index contributed by atoms with van der Waals surface area (Å²) in [7, 11) is 0. The zero-order chi connectivity index (χ0) is 9.97. The van der Waals surface area contributed by atoms with Gasteiger partial charge in [0.05, 0.1) is 6.10 Å². The third kappa shape index (κ3) is 1.68. The highest BCUT2D eigenvalue weighted by Gasteiger charge is 2.25. The van der Waals surface area contributed by atoms with Gasteiger partial charge in [0, 0.05) is 18.3 Å². The van der Waals surface area contributed by atoms with Crippen molar-refractivity contribution in [3.63, 3.8) is 0 Å². The molecule has 0 saturated heterocycles. The predicted molar refractivity (Wildman–Crippen MR) is 50.5 cm³/mol.